The zero-order chi connectivity index (χ0) is 17.7. The monoisotopic (exact) mass is 334 g/mol. The predicted molar refractivity (Wildman–Crippen MR) is 89.3 cm³/mol. The Morgan fingerprint density at radius 1 is 1.33 bits per heavy atom. The molecule has 24 heavy (non-hydrogen) atoms. The molecule has 0 fully saturated rings. The summed E-state index contributed by atoms with van der Waals surface area (Å²) in [5.74, 6) is 0.126. The second kappa shape index (κ2) is 8.07. The van der Waals surface area contributed by atoms with Crippen LogP contribution in [0.4, 0.5) is 5.69 Å². The lowest BCUT2D eigenvalue weighted by Crippen LogP contribution is -3.09. The van der Waals surface area contributed by atoms with E-state index in [1.807, 2.05) is 24.6 Å². The quantitative estimate of drug-likeness (QED) is 0.464. The highest BCUT2D eigenvalue weighted by Crippen LogP contribution is 2.22. The smallest absolute Gasteiger partial charge is 0.206 e. The number of nitrogens with one attached hydrogen (secondary N) is 2. The average molecular weight is 334 g/mol. The molecule has 0 aromatic heterocycles. The molecule has 1 aromatic carbocycles. The van der Waals surface area contributed by atoms with Crippen molar-refractivity contribution in [2.75, 3.05) is 27.2 Å². The molecule has 7 nitrogen and oxygen atoms in total. The number of ether oxygens (including phenoxy) is 1. The Bertz CT molecular complexity index is 627. The van der Waals surface area contributed by atoms with Crippen LogP contribution in [0.25, 0.3) is 0 Å². The third kappa shape index (κ3) is 4.42. The number of quaternary nitrogens is 2. The Balaban J connectivity index is 2.09. The first kappa shape index (κ1) is 18.2. The topological polar surface area (TPSA) is 81.7 Å². The molecule has 2 rings (SSSR count). The van der Waals surface area contributed by atoms with Gasteiger partial charge in [0.05, 0.1) is 27.2 Å². The Hall–Kier alpha value is -2.19. The minimum Gasteiger partial charge on any atom is -0.595 e. The fourth-order valence-corrected chi connectivity index (χ4v) is 2.42. The number of nitrogens with zero attached hydrogens (tertiary/aromatic N) is 1. The number of rotatable bonds is 7. The highest BCUT2D eigenvalue weighted by atomic mass is 16.8. The summed E-state index contributed by atoms with van der Waals surface area (Å²) in [5.41, 5.74) is 0.363. The molecule has 0 spiro atoms. The maximum absolute atomic E-state index is 12.4. The summed E-state index contributed by atoms with van der Waals surface area (Å²) in [5, 5.41) is 19.5. The maximum atomic E-state index is 12.4. The standard InChI is InChI=1S/C17H23N3O4/c1-4-24-17-6-5-13(11-15(17)20(22)23)16(21)12-19-9-7-14(8-10-19)18(2)3/h5-11,14,20,22H,4,12H2,1-3H3/p+1. The summed E-state index contributed by atoms with van der Waals surface area (Å²) in [6.07, 6.45) is 7.82. The molecule has 0 bridgehead atoms. The molecule has 7 heteroatoms. The van der Waals surface area contributed by atoms with Gasteiger partial charge in [-0.1, -0.05) is 0 Å². The lowest BCUT2D eigenvalue weighted by Gasteiger charge is -2.23. The van der Waals surface area contributed by atoms with Gasteiger partial charge in [0.2, 0.25) is 5.69 Å². The summed E-state index contributed by atoms with van der Waals surface area (Å²) in [7, 11) is 4.13. The lowest BCUT2D eigenvalue weighted by atomic mass is 10.1. The molecule has 1 unspecified atom stereocenters. The molecular formula is C17H24N3O4+. The van der Waals surface area contributed by atoms with Crippen LogP contribution in [0, 0.1) is 5.21 Å². The van der Waals surface area contributed by atoms with Gasteiger partial charge in [-0.25, -0.2) is 5.21 Å². The number of hydrogen-bond acceptors (Lipinski definition) is 5. The molecular weight excluding hydrogens is 310 g/mol. The first-order valence-corrected chi connectivity index (χ1v) is 7.88. The van der Waals surface area contributed by atoms with Gasteiger partial charge in [0, 0.05) is 24.0 Å². The molecule has 1 aliphatic heterocycles. The largest absolute Gasteiger partial charge is 0.595 e. The van der Waals surface area contributed by atoms with Crippen LogP contribution in [0.1, 0.15) is 17.3 Å². The van der Waals surface area contributed by atoms with Crippen molar-refractivity contribution < 1.29 is 24.9 Å². The third-order valence-corrected chi connectivity index (χ3v) is 3.79. The van der Waals surface area contributed by atoms with Crippen LogP contribution < -0.4 is 14.9 Å². The van der Waals surface area contributed by atoms with E-state index in [0.29, 0.717) is 18.2 Å². The van der Waals surface area contributed by atoms with Crippen molar-refractivity contribution >= 4 is 11.5 Å². The molecule has 0 amide bonds. The second-order valence-corrected chi connectivity index (χ2v) is 5.83. The van der Waals surface area contributed by atoms with E-state index in [0.717, 1.165) is 0 Å². The van der Waals surface area contributed by atoms with E-state index in [4.69, 9.17) is 4.74 Å². The van der Waals surface area contributed by atoms with Crippen LogP contribution in [-0.4, -0.2) is 49.2 Å². The number of carbonyl (C=O) groups is 1. The molecule has 0 radical (unpaired) electrons. The van der Waals surface area contributed by atoms with Crippen molar-refractivity contribution in [3.63, 3.8) is 0 Å². The van der Waals surface area contributed by atoms with Gasteiger partial charge in [-0.2, -0.15) is 5.23 Å². The zero-order valence-corrected chi connectivity index (χ0v) is 14.2. The first-order valence-electron chi connectivity index (χ1n) is 7.88. The highest BCUT2D eigenvalue weighted by molar-refractivity contribution is 5.98. The van der Waals surface area contributed by atoms with Gasteiger partial charge in [-0.15, -0.1) is 0 Å². The zero-order valence-electron chi connectivity index (χ0n) is 14.2. The van der Waals surface area contributed by atoms with Crippen molar-refractivity contribution in [1.82, 2.24) is 4.90 Å². The summed E-state index contributed by atoms with van der Waals surface area (Å²) < 4.78 is 5.29. The van der Waals surface area contributed by atoms with E-state index in [2.05, 4.69) is 14.1 Å². The van der Waals surface area contributed by atoms with Crippen LogP contribution in [0.2, 0.25) is 0 Å². The van der Waals surface area contributed by atoms with Crippen molar-refractivity contribution in [2.45, 2.75) is 13.0 Å². The number of likely N-dealkylation sites (N-methyl/N-ethyl adjacent to an activating group) is 1. The van der Waals surface area contributed by atoms with Crippen molar-refractivity contribution in [3.05, 3.63) is 53.5 Å². The summed E-state index contributed by atoms with van der Waals surface area (Å²) in [4.78, 5) is 15.5. The van der Waals surface area contributed by atoms with Gasteiger partial charge in [0.25, 0.3) is 0 Å². The minimum absolute atomic E-state index is 0.00343. The minimum atomic E-state index is -1.11. The first-order chi connectivity index (χ1) is 11.4. The van der Waals surface area contributed by atoms with E-state index in [-0.39, 0.29) is 23.8 Å². The Labute approximate surface area is 141 Å². The molecule has 130 valence electrons. The van der Waals surface area contributed by atoms with Crippen molar-refractivity contribution in [3.8, 4) is 5.75 Å². The number of Topliss-reactive ketones (excluding diaryl/α,β-unsaturated/α-hetero) is 1. The number of ketones is 1. The normalized spacial score (nSPS) is 15.8. The molecule has 0 aliphatic carbocycles. The molecule has 1 heterocycles. The maximum Gasteiger partial charge on any atom is 0.206 e. The third-order valence-electron chi connectivity index (χ3n) is 3.79. The van der Waals surface area contributed by atoms with Crippen molar-refractivity contribution in [1.29, 1.82) is 0 Å². The van der Waals surface area contributed by atoms with Gasteiger partial charge >= 0.3 is 0 Å². The molecule has 0 saturated carbocycles. The molecule has 3 N–H and O–H groups in total. The van der Waals surface area contributed by atoms with E-state index < -0.39 is 5.23 Å². The Morgan fingerprint density at radius 2 is 2.00 bits per heavy atom. The summed E-state index contributed by atoms with van der Waals surface area (Å²) in [6, 6.07) is 4.80. The van der Waals surface area contributed by atoms with E-state index in [1.54, 1.807) is 17.9 Å². The van der Waals surface area contributed by atoms with Gasteiger partial charge in [-0.05, 0) is 31.2 Å². The van der Waals surface area contributed by atoms with Crippen LogP contribution in [0.3, 0.4) is 0 Å². The van der Waals surface area contributed by atoms with E-state index in [1.165, 1.54) is 17.0 Å². The highest BCUT2D eigenvalue weighted by Gasteiger charge is 2.18. The fourth-order valence-electron chi connectivity index (χ4n) is 2.42. The molecule has 1 atom stereocenters. The number of hydrogen-bond donors (Lipinski definition) is 3. The lowest BCUT2D eigenvalue weighted by molar-refractivity contribution is -0.991. The fraction of sp³-hybridized carbons (Fsp3) is 0.353. The Kier molecular flexibility index (Phi) is 6.10. The molecule has 0 saturated heterocycles. The molecule has 1 aliphatic rings. The van der Waals surface area contributed by atoms with Gasteiger partial charge in [0.1, 0.15) is 6.04 Å². The second-order valence-electron chi connectivity index (χ2n) is 5.83. The molecule has 1 aromatic rings. The van der Waals surface area contributed by atoms with Crippen LogP contribution in [0.5, 0.6) is 5.75 Å². The predicted octanol–water partition coefficient (Wildman–Crippen LogP) is -0.472. The van der Waals surface area contributed by atoms with Crippen LogP contribution in [-0.2, 0) is 0 Å². The van der Waals surface area contributed by atoms with Gasteiger partial charge in [-0.3, -0.25) is 4.79 Å². The summed E-state index contributed by atoms with van der Waals surface area (Å²) in [6.45, 7) is 2.31. The SMILES string of the molecule is CCOc1ccc(C(=O)CN2C=CC([NH+](C)C)C=C2)cc1[NH+]([O-])O. The van der Waals surface area contributed by atoms with Gasteiger partial charge in [0.15, 0.2) is 11.5 Å². The van der Waals surface area contributed by atoms with Gasteiger partial charge < -0.3 is 19.7 Å². The average Bonchev–Trinajstić information content (AvgIpc) is 2.55. The van der Waals surface area contributed by atoms with E-state index >= 15 is 0 Å². The number of carbonyl (C=O) groups excluding carboxylic acids is 1. The number of benzene rings is 1. The Morgan fingerprint density at radius 3 is 2.54 bits per heavy atom. The van der Waals surface area contributed by atoms with E-state index in [9.17, 15) is 15.2 Å². The van der Waals surface area contributed by atoms with Crippen molar-refractivity contribution in [2.24, 2.45) is 0 Å². The van der Waals surface area contributed by atoms with Crippen LogP contribution >= 0.6 is 0 Å². The summed E-state index contributed by atoms with van der Waals surface area (Å²) >= 11 is 0. The van der Waals surface area contributed by atoms with Crippen LogP contribution in [0.15, 0.2) is 42.8 Å².